The first-order valence-electron chi connectivity index (χ1n) is 12.7. The molecule has 2 heterocycles. The maximum Gasteiger partial charge on any atom is 0.416 e. The molecule has 2 aliphatic heterocycles. The fraction of sp³-hybridized carbons (Fsp3) is 0.444. The SMILES string of the molecule is CC(C)[C@@H](NC(=O)[C@H]1CCCN1C(=O)c1cccc(S(=O)(=O)N2CC(C#N)C2)c1)c1ccc(C(F)(F)F)cc1F. The van der Waals surface area contributed by atoms with Gasteiger partial charge in [-0.2, -0.15) is 22.7 Å². The zero-order valence-electron chi connectivity index (χ0n) is 21.8. The summed E-state index contributed by atoms with van der Waals surface area (Å²) in [4.78, 5) is 27.9. The molecule has 1 N–H and O–H groups in total. The van der Waals surface area contributed by atoms with Crippen LogP contribution in [-0.2, 0) is 21.0 Å². The quantitative estimate of drug-likeness (QED) is 0.496. The van der Waals surface area contributed by atoms with Crippen molar-refractivity contribution in [2.24, 2.45) is 11.8 Å². The summed E-state index contributed by atoms with van der Waals surface area (Å²) in [5.41, 5.74) is -1.18. The fourth-order valence-corrected chi connectivity index (χ4v) is 6.49. The molecule has 2 atom stereocenters. The summed E-state index contributed by atoms with van der Waals surface area (Å²) in [6, 6.07) is 7.74. The van der Waals surface area contributed by atoms with Crippen molar-refractivity contribution in [3.63, 3.8) is 0 Å². The molecule has 13 heteroatoms. The average Bonchev–Trinajstić information content (AvgIpc) is 3.36. The molecule has 2 aliphatic rings. The van der Waals surface area contributed by atoms with Gasteiger partial charge in [0, 0.05) is 30.8 Å². The molecule has 0 radical (unpaired) electrons. The van der Waals surface area contributed by atoms with Gasteiger partial charge in [-0.05, 0) is 49.1 Å². The number of amides is 2. The predicted octanol–water partition coefficient (Wildman–Crippen LogP) is 4.11. The van der Waals surface area contributed by atoms with E-state index < -0.39 is 51.5 Å². The van der Waals surface area contributed by atoms with Crippen molar-refractivity contribution in [2.45, 2.75) is 49.8 Å². The van der Waals surface area contributed by atoms with Gasteiger partial charge in [-0.1, -0.05) is 26.0 Å². The van der Waals surface area contributed by atoms with Gasteiger partial charge < -0.3 is 10.2 Å². The predicted molar refractivity (Wildman–Crippen MR) is 135 cm³/mol. The summed E-state index contributed by atoms with van der Waals surface area (Å²) < 4.78 is 80.7. The topological polar surface area (TPSA) is 111 Å². The van der Waals surface area contributed by atoms with Crippen LogP contribution in [-0.4, -0.2) is 55.1 Å². The number of nitrogens with one attached hydrogen (secondary N) is 1. The van der Waals surface area contributed by atoms with Crippen LogP contribution in [0.4, 0.5) is 17.6 Å². The molecular formula is C27H28F4N4O4S. The summed E-state index contributed by atoms with van der Waals surface area (Å²) in [6.45, 7) is 3.74. The van der Waals surface area contributed by atoms with Crippen LogP contribution < -0.4 is 5.32 Å². The number of halogens is 4. The van der Waals surface area contributed by atoms with Crippen molar-refractivity contribution in [2.75, 3.05) is 19.6 Å². The monoisotopic (exact) mass is 580 g/mol. The van der Waals surface area contributed by atoms with Crippen molar-refractivity contribution < 1.29 is 35.6 Å². The van der Waals surface area contributed by atoms with E-state index in [9.17, 15) is 35.6 Å². The molecule has 0 unspecified atom stereocenters. The Morgan fingerprint density at radius 1 is 1.12 bits per heavy atom. The van der Waals surface area contributed by atoms with E-state index in [1.54, 1.807) is 13.8 Å². The summed E-state index contributed by atoms with van der Waals surface area (Å²) in [5, 5.41) is 11.6. The lowest BCUT2D eigenvalue weighted by molar-refractivity contribution is -0.137. The molecule has 2 aromatic carbocycles. The third kappa shape index (κ3) is 5.83. The Morgan fingerprint density at radius 3 is 2.42 bits per heavy atom. The molecule has 4 rings (SSSR count). The number of carbonyl (C=O) groups is 2. The molecule has 2 saturated heterocycles. The van der Waals surface area contributed by atoms with Crippen LogP contribution in [0.15, 0.2) is 47.4 Å². The summed E-state index contributed by atoms with van der Waals surface area (Å²) in [5.74, 6) is -3.01. The highest BCUT2D eigenvalue weighted by atomic mass is 32.2. The van der Waals surface area contributed by atoms with Gasteiger partial charge >= 0.3 is 6.18 Å². The number of nitrogens with zero attached hydrogens (tertiary/aromatic N) is 3. The smallest absolute Gasteiger partial charge is 0.347 e. The van der Waals surface area contributed by atoms with Crippen molar-refractivity contribution in [3.8, 4) is 6.07 Å². The number of carbonyl (C=O) groups excluding carboxylic acids is 2. The van der Waals surface area contributed by atoms with Crippen LogP contribution in [0.5, 0.6) is 0 Å². The molecule has 2 amide bonds. The first-order chi connectivity index (χ1) is 18.7. The molecule has 2 aromatic rings. The molecule has 0 aliphatic carbocycles. The molecule has 8 nitrogen and oxygen atoms in total. The van der Waals surface area contributed by atoms with Gasteiger partial charge in [-0.15, -0.1) is 0 Å². The third-order valence-corrected chi connectivity index (χ3v) is 9.02. The Hall–Kier alpha value is -3.50. The molecule has 0 aromatic heterocycles. The summed E-state index contributed by atoms with van der Waals surface area (Å²) in [6.07, 6.45) is -3.92. The molecule has 2 fully saturated rings. The first kappa shape index (κ1) is 29.5. The van der Waals surface area contributed by atoms with Gasteiger partial charge in [0.15, 0.2) is 0 Å². The standard InChI is InChI=1S/C27H28F4N4O4S/c1-16(2)24(21-9-8-19(12-22(21)28)27(29,30)31)33-25(36)23-7-4-10-35(23)26(37)18-5-3-6-20(11-18)40(38,39)34-14-17(13-32)15-34/h3,5-6,8-9,11-12,16-17,23-24H,4,7,10,14-15H2,1-2H3,(H,33,36)/t23-,24-/m1/s1. The fourth-order valence-electron chi connectivity index (χ4n) is 4.91. The number of hydrogen-bond acceptors (Lipinski definition) is 5. The van der Waals surface area contributed by atoms with Gasteiger partial charge in [-0.3, -0.25) is 9.59 Å². The summed E-state index contributed by atoms with van der Waals surface area (Å²) in [7, 11) is -3.90. The Balaban J connectivity index is 1.52. The van der Waals surface area contributed by atoms with E-state index in [0.717, 1.165) is 16.4 Å². The van der Waals surface area contributed by atoms with E-state index in [0.29, 0.717) is 18.9 Å². The Kier molecular flexibility index (Phi) is 8.23. The number of likely N-dealkylation sites (tertiary alicyclic amines) is 1. The largest absolute Gasteiger partial charge is 0.416 e. The average molecular weight is 581 g/mol. The minimum Gasteiger partial charge on any atom is -0.347 e. The van der Waals surface area contributed by atoms with Gasteiger partial charge in [0.2, 0.25) is 15.9 Å². The Morgan fingerprint density at radius 2 is 1.82 bits per heavy atom. The van der Waals surface area contributed by atoms with E-state index in [2.05, 4.69) is 5.32 Å². The molecule has 0 saturated carbocycles. The second-order valence-corrected chi connectivity index (χ2v) is 12.2. The van der Waals surface area contributed by atoms with Gasteiger partial charge in [0.1, 0.15) is 11.9 Å². The highest BCUT2D eigenvalue weighted by Crippen LogP contribution is 2.33. The highest BCUT2D eigenvalue weighted by Gasteiger charge is 2.39. The van der Waals surface area contributed by atoms with Crippen LogP contribution >= 0.6 is 0 Å². The lowest BCUT2D eigenvalue weighted by atomic mass is 9.94. The zero-order chi connectivity index (χ0) is 29.4. The van der Waals surface area contributed by atoms with Crippen LogP contribution in [0.3, 0.4) is 0 Å². The molecule has 214 valence electrons. The molecule has 40 heavy (non-hydrogen) atoms. The van der Waals surface area contributed by atoms with E-state index >= 15 is 0 Å². The number of benzene rings is 2. The maximum absolute atomic E-state index is 14.7. The highest BCUT2D eigenvalue weighted by molar-refractivity contribution is 7.89. The lowest BCUT2D eigenvalue weighted by Crippen LogP contribution is -2.49. The van der Waals surface area contributed by atoms with E-state index in [4.69, 9.17) is 5.26 Å². The minimum absolute atomic E-state index is 0.0623. The molecule has 0 bridgehead atoms. The minimum atomic E-state index is -4.72. The van der Waals surface area contributed by atoms with Crippen LogP contribution in [0.25, 0.3) is 0 Å². The van der Waals surface area contributed by atoms with Gasteiger partial charge in [0.25, 0.3) is 5.91 Å². The molecular weight excluding hydrogens is 552 g/mol. The third-order valence-electron chi connectivity index (χ3n) is 7.19. The Labute approximate surface area is 229 Å². The zero-order valence-corrected chi connectivity index (χ0v) is 22.6. The number of nitriles is 1. The maximum atomic E-state index is 14.7. The number of alkyl halides is 3. The van der Waals surface area contributed by atoms with Crippen molar-refractivity contribution in [3.05, 3.63) is 65.0 Å². The van der Waals surface area contributed by atoms with E-state index in [1.807, 2.05) is 6.07 Å². The van der Waals surface area contributed by atoms with Crippen molar-refractivity contribution in [1.82, 2.24) is 14.5 Å². The van der Waals surface area contributed by atoms with Crippen LogP contribution in [0.2, 0.25) is 0 Å². The van der Waals surface area contributed by atoms with E-state index in [-0.39, 0.29) is 47.5 Å². The molecule has 0 spiro atoms. The normalized spacial score (nSPS) is 19.2. The van der Waals surface area contributed by atoms with Crippen molar-refractivity contribution in [1.29, 1.82) is 5.26 Å². The lowest BCUT2D eigenvalue weighted by Gasteiger charge is -2.34. The van der Waals surface area contributed by atoms with Gasteiger partial charge in [0.05, 0.1) is 28.5 Å². The van der Waals surface area contributed by atoms with E-state index in [1.165, 1.54) is 29.2 Å². The summed E-state index contributed by atoms with van der Waals surface area (Å²) >= 11 is 0. The van der Waals surface area contributed by atoms with Crippen LogP contribution in [0, 0.1) is 29.0 Å². The number of hydrogen-bond donors (Lipinski definition) is 1. The van der Waals surface area contributed by atoms with Crippen LogP contribution in [0.1, 0.15) is 54.2 Å². The second-order valence-electron chi connectivity index (χ2n) is 10.3. The Bertz CT molecular complexity index is 1450. The number of sulfonamides is 1. The second kappa shape index (κ2) is 11.2. The van der Waals surface area contributed by atoms with Crippen molar-refractivity contribution >= 4 is 21.8 Å². The number of rotatable bonds is 7. The first-order valence-corrected chi connectivity index (χ1v) is 14.2. The van der Waals surface area contributed by atoms with Gasteiger partial charge in [-0.25, -0.2) is 12.8 Å².